The third-order valence-electron chi connectivity index (χ3n) is 4.26. The molecule has 2 N–H and O–H groups in total. The van der Waals surface area contributed by atoms with E-state index in [1.807, 2.05) is 17.0 Å². The van der Waals surface area contributed by atoms with Crippen molar-refractivity contribution in [1.29, 1.82) is 0 Å². The standard InChI is InChI=1S/C18H26ClN3O2/c1-13(2)11-16(20)18(24)22-9-7-21(8-10-22)17(23)12-14-3-5-15(19)6-4-14/h3-6,13,16H,7-12,20H2,1-2H3/t16-/m0/s1. The van der Waals surface area contributed by atoms with Crippen molar-refractivity contribution in [2.75, 3.05) is 26.2 Å². The Balaban J connectivity index is 1.82. The Hall–Kier alpha value is -1.59. The second kappa shape index (κ2) is 8.49. The van der Waals surface area contributed by atoms with Gasteiger partial charge in [-0.1, -0.05) is 37.6 Å². The van der Waals surface area contributed by atoms with E-state index in [2.05, 4.69) is 13.8 Å². The van der Waals surface area contributed by atoms with Crippen molar-refractivity contribution in [3.05, 3.63) is 34.9 Å². The van der Waals surface area contributed by atoms with Crippen LogP contribution >= 0.6 is 11.6 Å². The first-order valence-electron chi connectivity index (χ1n) is 8.43. The molecule has 6 heteroatoms. The number of rotatable bonds is 5. The van der Waals surface area contributed by atoms with Gasteiger partial charge in [-0.15, -0.1) is 0 Å². The molecule has 1 atom stereocenters. The van der Waals surface area contributed by atoms with Crippen LogP contribution in [-0.4, -0.2) is 53.8 Å². The number of halogens is 1. The number of amides is 2. The van der Waals surface area contributed by atoms with Crippen LogP contribution in [0.3, 0.4) is 0 Å². The van der Waals surface area contributed by atoms with Crippen LogP contribution in [-0.2, 0) is 16.0 Å². The first-order chi connectivity index (χ1) is 11.4. The van der Waals surface area contributed by atoms with Crippen molar-refractivity contribution in [1.82, 2.24) is 9.80 Å². The molecule has 1 aliphatic rings. The van der Waals surface area contributed by atoms with Crippen molar-refractivity contribution in [2.24, 2.45) is 11.7 Å². The first-order valence-corrected chi connectivity index (χ1v) is 8.81. The highest BCUT2D eigenvalue weighted by Crippen LogP contribution is 2.13. The van der Waals surface area contributed by atoms with Gasteiger partial charge in [-0.2, -0.15) is 0 Å². The largest absolute Gasteiger partial charge is 0.339 e. The van der Waals surface area contributed by atoms with E-state index in [1.54, 1.807) is 17.0 Å². The number of hydrogen-bond acceptors (Lipinski definition) is 3. The zero-order valence-corrected chi connectivity index (χ0v) is 15.1. The van der Waals surface area contributed by atoms with Crippen molar-refractivity contribution in [3.63, 3.8) is 0 Å². The van der Waals surface area contributed by atoms with E-state index in [0.717, 1.165) is 5.56 Å². The lowest BCUT2D eigenvalue weighted by Crippen LogP contribution is -2.54. The van der Waals surface area contributed by atoms with Crippen molar-refractivity contribution in [2.45, 2.75) is 32.7 Å². The molecule has 1 aromatic carbocycles. The quantitative estimate of drug-likeness (QED) is 0.881. The lowest BCUT2D eigenvalue weighted by atomic mass is 10.0. The molecule has 132 valence electrons. The molecule has 1 saturated heterocycles. The van der Waals surface area contributed by atoms with Crippen LogP contribution < -0.4 is 5.73 Å². The van der Waals surface area contributed by atoms with E-state index in [1.165, 1.54) is 0 Å². The average Bonchev–Trinajstić information content (AvgIpc) is 2.55. The van der Waals surface area contributed by atoms with Crippen LogP contribution in [0.2, 0.25) is 5.02 Å². The van der Waals surface area contributed by atoms with E-state index in [9.17, 15) is 9.59 Å². The number of carbonyl (C=O) groups is 2. The van der Waals surface area contributed by atoms with Gasteiger partial charge in [-0.3, -0.25) is 9.59 Å². The number of carbonyl (C=O) groups excluding carboxylic acids is 2. The maximum absolute atomic E-state index is 12.4. The molecule has 5 nitrogen and oxygen atoms in total. The van der Waals surface area contributed by atoms with E-state index < -0.39 is 6.04 Å². The van der Waals surface area contributed by atoms with Gasteiger partial charge in [-0.05, 0) is 30.0 Å². The molecule has 1 aliphatic heterocycles. The van der Waals surface area contributed by atoms with Gasteiger partial charge in [0.2, 0.25) is 11.8 Å². The maximum Gasteiger partial charge on any atom is 0.239 e. The number of nitrogens with two attached hydrogens (primary N) is 1. The molecule has 0 bridgehead atoms. The Morgan fingerprint density at radius 1 is 1.08 bits per heavy atom. The molecule has 0 aliphatic carbocycles. The second-order valence-electron chi connectivity index (χ2n) is 6.75. The SMILES string of the molecule is CC(C)C[C@H](N)C(=O)N1CCN(C(=O)Cc2ccc(Cl)cc2)CC1. The third kappa shape index (κ3) is 5.21. The van der Waals surface area contributed by atoms with Gasteiger partial charge in [0.25, 0.3) is 0 Å². The molecule has 0 aromatic heterocycles. The van der Waals surface area contributed by atoms with Gasteiger partial charge in [-0.25, -0.2) is 0 Å². The summed E-state index contributed by atoms with van der Waals surface area (Å²) in [6.07, 6.45) is 1.05. The molecule has 0 radical (unpaired) electrons. The highest BCUT2D eigenvalue weighted by Gasteiger charge is 2.27. The monoisotopic (exact) mass is 351 g/mol. The Labute approximate surface area is 148 Å². The van der Waals surface area contributed by atoms with Crippen molar-refractivity contribution >= 4 is 23.4 Å². The lowest BCUT2D eigenvalue weighted by molar-refractivity contribution is -0.140. The predicted octanol–water partition coefficient (Wildman–Crippen LogP) is 1.93. The number of benzene rings is 1. The molecule has 0 saturated carbocycles. The summed E-state index contributed by atoms with van der Waals surface area (Å²) < 4.78 is 0. The van der Waals surface area contributed by atoms with Crippen LogP contribution in [0.4, 0.5) is 0 Å². The van der Waals surface area contributed by atoms with Gasteiger partial charge < -0.3 is 15.5 Å². The van der Waals surface area contributed by atoms with Crippen LogP contribution in [0.1, 0.15) is 25.8 Å². The number of piperazine rings is 1. The van der Waals surface area contributed by atoms with E-state index in [0.29, 0.717) is 50.0 Å². The summed E-state index contributed by atoms with van der Waals surface area (Å²) in [6, 6.07) is 6.87. The Kier molecular flexibility index (Phi) is 6.63. The topological polar surface area (TPSA) is 66.6 Å². The Bertz CT molecular complexity index is 566. The van der Waals surface area contributed by atoms with Gasteiger partial charge in [0.05, 0.1) is 12.5 Å². The predicted molar refractivity (Wildman–Crippen MR) is 95.7 cm³/mol. The van der Waals surface area contributed by atoms with Crippen LogP contribution in [0, 0.1) is 5.92 Å². The van der Waals surface area contributed by atoms with Gasteiger partial charge in [0, 0.05) is 31.2 Å². The van der Waals surface area contributed by atoms with Crippen LogP contribution in [0.15, 0.2) is 24.3 Å². The summed E-state index contributed by atoms with van der Waals surface area (Å²) in [5.41, 5.74) is 6.92. The number of hydrogen-bond donors (Lipinski definition) is 1. The smallest absolute Gasteiger partial charge is 0.239 e. The van der Waals surface area contributed by atoms with Gasteiger partial charge in [0.15, 0.2) is 0 Å². The van der Waals surface area contributed by atoms with E-state index in [-0.39, 0.29) is 11.8 Å². The normalized spacial score (nSPS) is 16.4. The number of nitrogens with zero attached hydrogens (tertiary/aromatic N) is 2. The lowest BCUT2D eigenvalue weighted by Gasteiger charge is -2.36. The fourth-order valence-electron chi connectivity index (χ4n) is 2.91. The first kappa shape index (κ1) is 18.7. The van der Waals surface area contributed by atoms with Crippen LogP contribution in [0.5, 0.6) is 0 Å². The molecule has 0 spiro atoms. The molecular formula is C18H26ClN3O2. The molecule has 24 heavy (non-hydrogen) atoms. The minimum absolute atomic E-state index is 0.00602. The average molecular weight is 352 g/mol. The summed E-state index contributed by atoms with van der Waals surface area (Å²) in [5.74, 6) is 0.468. The zero-order valence-electron chi connectivity index (χ0n) is 14.4. The zero-order chi connectivity index (χ0) is 17.7. The molecule has 0 unspecified atom stereocenters. The highest BCUT2D eigenvalue weighted by atomic mass is 35.5. The van der Waals surface area contributed by atoms with Gasteiger partial charge in [0.1, 0.15) is 0 Å². The summed E-state index contributed by atoms with van der Waals surface area (Å²) in [6.45, 7) is 6.34. The fourth-order valence-corrected chi connectivity index (χ4v) is 3.03. The molecular weight excluding hydrogens is 326 g/mol. The molecule has 1 fully saturated rings. The molecule has 1 aromatic rings. The fraction of sp³-hybridized carbons (Fsp3) is 0.556. The summed E-state index contributed by atoms with van der Waals surface area (Å²) in [4.78, 5) is 28.3. The Morgan fingerprint density at radius 2 is 1.62 bits per heavy atom. The maximum atomic E-state index is 12.4. The molecule has 2 amide bonds. The van der Waals surface area contributed by atoms with Crippen molar-refractivity contribution < 1.29 is 9.59 Å². The minimum atomic E-state index is -0.443. The van der Waals surface area contributed by atoms with Crippen molar-refractivity contribution in [3.8, 4) is 0 Å². The second-order valence-corrected chi connectivity index (χ2v) is 7.18. The summed E-state index contributed by atoms with van der Waals surface area (Å²) >= 11 is 5.86. The van der Waals surface area contributed by atoms with Crippen LogP contribution in [0.25, 0.3) is 0 Å². The highest BCUT2D eigenvalue weighted by molar-refractivity contribution is 6.30. The van der Waals surface area contributed by atoms with E-state index in [4.69, 9.17) is 17.3 Å². The third-order valence-corrected chi connectivity index (χ3v) is 4.51. The summed E-state index contributed by atoms with van der Waals surface area (Å²) in [7, 11) is 0. The van der Waals surface area contributed by atoms with E-state index >= 15 is 0 Å². The molecule has 2 rings (SSSR count). The van der Waals surface area contributed by atoms with Gasteiger partial charge >= 0.3 is 0 Å². The Morgan fingerprint density at radius 3 is 2.17 bits per heavy atom. The molecule has 1 heterocycles. The minimum Gasteiger partial charge on any atom is -0.339 e. The summed E-state index contributed by atoms with van der Waals surface area (Å²) in [5, 5.41) is 0.663.